The van der Waals surface area contributed by atoms with Gasteiger partial charge in [-0.2, -0.15) is 0 Å². The molecule has 0 aliphatic heterocycles. The third-order valence-electron chi connectivity index (χ3n) is 5.04. The zero-order valence-corrected chi connectivity index (χ0v) is 14.9. The van der Waals surface area contributed by atoms with E-state index in [1.54, 1.807) is 6.07 Å². The van der Waals surface area contributed by atoms with E-state index in [4.69, 9.17) is 0 Å². The van der Waals surface area contributed by atoms with E-state index in [0.717, 1.165) is 22.7 Å². The Hall–Kier alpha value is -0.500. The number of phenols is 1. The van der Waals surface area contributed by atoms with Crippen LogP contribution in [0.5, 0.6) is 5.75 Å². The Labute approximate surface area is 138 Å². The lowest BCUT2D eigenvalue weighted by Crippen LogP contribution is -2.15. The molecule has 1 aliphatic carbocycles. The number of hydrogen-bond donors (Lipinski definition) is 1. The molecule has 1 aliphatic rings. The summed E-state index contributed by atoms with van der Waals surface area (Å²) in [5.74, 6) is 2.27. The first-order chi connectivity index (χ1) is 10.2. The van der Waals surface area contributed by atoms with Crippen molar-refractivity contribution in [2.24, 2.45) is 11.8 Å². The van der Waals surface area contributed by atoms with E-state index >= 15 is 0 Å². The maximum absolute atomic E-state index is 9.53. The van der Waals surface area contributed by atoms with Gasteiger partial charge in [0.1, 0.15) is 5.75 Å². The van der Waals surface area contributed by atoms with Crippen molar-refractivity contribution in [3.8, 4) is 5.75 Å². The predicted molar refractivity (Wildman–Crippen MR) is 93.7 cm³/mol. The van der Waals surface area contributed by atoms with Gasteiger partial charge in [-0.25, -0.2) is 0 Å². The molecule has 0 unspecified atom stereocenters. The molecule has 2 rings (SSSR count). The van der Waals surface area contributed by atoms with Crippen LogP contribution in [0.2, 0.25) is 0 Å². The molecular formula is C19H29BrO. The number of hydrogen-bond acceptors (Lipinski definition) is 1. The molecule has 1 N–H and O–H groups in total. The molecule has 2 heteroatoms. The van der Waals surface area contributed by atoms with Gasteiger partial charge in [0.05, 0.1) is 4.47 Å². The maximum Gasteiger partial charge on any atom is 0.129 e. The molecule has 0 saturated heterocycles. The fourth-order valence-corrected chi connectivity index (χ4v) is 3.99. The Balaban J connectivity index is 1.67. The lowest BCUT2D eigenvalue weighted by molar-refractivity contribution is 0.249. The molecular weight excluding hydrogens is 324 g/mol. The molecule has 0 aromatic heterocycles. The van der Waals surface area contributed by atoms with Gasteiger partial charge in [-0.15, -0.1) is 0 Å². The minimum absolute atomic E-state index is 0.339. The van der Waals surface area contributed by atoms with Crippen LogP contribution in [-0.4, -0.2) is 5.11 Å². The van der Waals surface area contributed by atoms with Crippen molar-refractivity contribution in [3.05, 3.63) is 28.2 Å². The molecule has 0 heterocycles. The van der Waals surface area contributed by atoms with E-state index in [9.17, 15) is 5.11 Å². The van der Waals surface area contributed by atoms with Gasteiger partial charge in [0.25, 0.3) is 0 Å². The van der Waals surface area contributed by atoms with Gasteiger partial charge in [0.15, 0.2) is 0 Å². The summed E-state index contributed by atoms with van der Waals surface area (Å²) in [5.41, 5.74) is 1.34. The van der Waals surface area contributed by atoms with Crippen molar-refractivity contribution in [2.75, 3.05) is 0 Å². The SMILES string of the molecule is CCCCC[C@H]1CC[C@H](CCc2ccc(O)c(Br)c2)CC1. The molecule has 0 atom stereocenters. The van der Waals surface area contributed by atoms with E-state index < -0.39 is 0 Å². The lowest BCUT2D eigenvalue weighted by atomic mass is 9.78. The van der Waals surface area contributed by atoms with E-state index in [-0.39, 0.29) is 0 Å². The van der Waals surface area contributed by atoms with Crippen LogP contribution in [0.15, 0.2) is 22.7 Å². The second-order valence-electron chi connectivity index (χ2n) is 6.71. The summed E-state index contributed by atoms with van der Waals surface area (Å²) < 4.78 is 0.819. The van der Waals surface area contributed by atoms with Crippen LogP contribution in [0.25, 0.3) is 0 Å². The van der Waals surface area contributed by atoms with Crippen LogP contribution in [0.3, 0.4) is 0 Å². The van der Waals surface area contributed by atoms with Gasteiger partial charge in [0, 0.05) is 0 Å². The molecule has 0 spiro atoms. The van der Waals surface area contributed by atoms with E-state index in [0.29, 0.717) is 5.75 Å². The summed E-state index contributed by atoms with van der Waals surface area (Å²) in [5, 5.41) is 9.53. The molecule has 118 valence electrons. The summed E-state index contributed by atoms with van der Waals surface area (Å²) in [7, 11) is 0. The molecule has 21 heavy (non-hydrogen) atoms. The number of aryl methyl sites for hydroxylation is 1. The summed E-state index contributed by atoms with van der Waals surface area (Å²) in [4.78, 5) is 0. The quantitative estimate of drug-likeness (QED) is 0.557. The number of unbranched alkanes of at least 4 members (excludes halogenated alkanes) is 2. The third kappa shape index (κ3) is 5.65. The number of phenolic OH excluding ortho intramolecular Hbond substituents is 1. The topological polar surface area (TPSA) is 20.2 Å². The van der Waals surface area contributed by atoms with Crippen LogP contribution in [0, 0.1) is 11.8 Å². The Morgan fingerprint density at radius 1 is 1.05 bits per heavy atom. The highest BCUT2D eigenvalue weighted by molar-refractivity contribution is 9.10. The number of aromatic hydroxyl groups is 1. The van der Waals surface area contributed by atoms with Crippen LogP contribution in [-0.2, 0) is 6.42 Å². The molecule has 1 nitrogen and oxygen atoms in total. The standard InChI is InChI=1S/C19H29BrO/c1-2-3-4-5-15-6-8-16(9-7-15)10-11-17-12-13-19(21)18(20)14-17/h12-16,21H,2-11H2,1H3/t15-,16-. The zero-order valence-electron chi connectivity index (χ0n) is 13.3. The van der Waals surface area contributed by atoms with Gasteiger partial charge in [-0.1, -0.05) is 64.4 Å². The summed E-state index contributed by atoms with van der Waals surface area (Å²) in [6, 6.07) is 5.91. The van der Waals surface area contributed by atoms with Crippen LogP contribution in [0.1, 0.15) is 70.3 Å². The Kier molecular flexibility index (Phi) is 7.09. The summed E-state index contributed by atoms with van der Waals surface area (Å²) in [6.07, 6.45) is 13.9. The van der Waals surface area contributed by atoms with E-state index in [2.05, 4.69) is 35.0 Å². The third-order valence-corrected chi connectivity index (χ3v) is 5.67. The van der Waals surface area contributed by atoms with Gasteiger partial charge < -0.3 is 5.11 Å². The van der Waals surface area contributed by atoms with Crippen LogP contribution >= 0.6 is 15.9 Å². The minimum atomic E-state index is 0.339. The number of rotatable bonds is 7. The fraction of sp³-hybridized carbons (Fsp3) is 0.684. The van der Waals surface area contributed by atoms with Crippen molar-refractivity contribution < 1.29 is 5.11 Å². The Bertz CT molecular complexity index is 422. The lowest BCUT2D eigenvalue weighted by Gasteiger charge is -2.28. The minimum Gasteiger partial charge on any atom is -0.507 e. The Morgan fingerprint density at radius 2 is 1.71 bits per heavy atom. The van der Waals surface area contributed by atoms with Gasteiger partial charge in [-0.05, 0) is 58.3 Å². The highest BCUT2D eigenvalue weighted by Crippen LogP contribution is 2.34. The largest absolute Gasteiger partial charge is 0.507 e. The van der Waals surface area contributed by atoms with Gasteiger partial charge in [-0.3, -0.25) is 0 Å². The van der Waals surface area contributed by atoms with E-state index in [1.807, 2.05) is 0 Å². The van der Waals surface area contributed by atoms with Crippen molar-refractivity contribution in [1.82, 2.24) is 0 Å². The van der Waals surface area contributed by atoms with Crippen molar-refractivity contribution in [3.63, 3.8) is 0 Å². The molecule has 0 bridgehead atoms. The second-order valence-corrected chi connectivity index (χ2v) is 7.56. The number of halogens is 1. The molecule has 1 saturated carbocycles. The molecule has 1 aromatic rings. The number of benzene rings is 1. The first-order valence-corrected chi connectivity index (χ1v) is 9.45. The predicted octanol–water partition coefficient (Wildman–Crippen LogP) is 6.47. The monoisotopic (exact) mass is 352 g/mol. The Morgan fingerprint density at radius 3 is 2.33 bits per heavy atom. The van der Waals surface area contributed by atoms with Crippen LogP contribution in [0.4, 0.5) is 0 Å². The van der Waals surface area contributed by atoms with Gasteiger partial charge in [0.2, 0.25) is 0 Å². The second kappa shape index (κ2) is 8.82. The average molecular weight is 353 g/mol. The smallest absolute Gasteiger partial charge is 0.129 e. The first kappa shape index (κ1) is 16.9. The molecule has 0 amide bonds. The van der Waals surface area contributed by atoms with Crippen molar-refractivity contribution in [1.29, 1.82) is 0 Å². The molecule has 1 fully saturated rings. The van der Waals surface area contributed by atoms with E-state index in [1.165, 1.54) is 63.4 Å². The van der Waals surface area contributed by atoms with Gasteiger partial charge >= 0.3 is 0 Å². The van der Waals surface area contributed by atoms with Crippen LogP contribution < -0.4 is 0 Å². The first-order valence-electron chi connectivity index (χ1n) is 8.66. The average Bonchev–Trinajstić information content (AvgIpc) is 2.50. The van der Waals surface area contributed by atoms with Crippen molar-refractivity contribution >= 4 is 15.9 Å². The molecule has 1 aromatic carbocycles. The summed E-state index contributed by atoms with van der Waals surface area (Å²) in [6.45, 7) is 2.29. The zero-order chi connectivity index (χ0) is 15.1. The summed E-state index contributed by atoms with van der Waals surface area (Å²) >= 11 is 3.40. The maximum atomic E-state index is 9.53. The molecule has 0 radical (unpaired) electrons. The highest BCUT2D eigenvalue weighted by atomic mass is 79.9. The normalized spacial score (nSPS) is 22.4. The highest BCUT2D eigenvalue weighted by Gasteiger charge is 2.20. The fourth-order valence-electron chi connectivity index (χ4n) is 3.57. The van der Waals surface area contributed by atoms with Crippen molar-refractivity contribution in [2.45, 2.75) is 71.1 Å².